The lowest BCUT2D eigenvalue weighted by Crippen LogP contribution is -2.24. The number of carbonyl (C=O) groups excluding carboxylic acids is 1. The van der Waals surface area contributed by atoms with E-state index in [9.17, 15) is 4.79 Å². The van der Waals surface area contributed by atoms with Crippen LogP contribution < -0.4 is 10.2 Å². The zero-order valence-corrected chi connectivity index (χ0v) is 15.9. The van der Waals surface area contributed by atoms with Gasteiger partial charge in [-0.1, -0.05) is 42.5 Å². The highest BCUT2D eigenvalue weighted by atomic mass is 16.1. The second-order valence-corrected chi connectivity index (χ2v) is 6.30. The molecular weight excluding hydrogens is 336 g/mol. The van der Waals surface area contributed by atoms with Gasteiger partial charge in [0.25, 0.3) is 5.91 Å². The van der Waals surface area contributed by atoms with Crippen molar-refractivity contribution >= 4 is 17.4 Å². The molecule has 5 heteroatoms. The monoisotopic (exact) mass is 360 g/mol. The number of rotatable bonds is 6. The molecular formula is C22H24N4O. The molecule has 1 amide bonds. The number of carbonyl (C=O) groups is 1. The highest BCUT2D eigenvalue weighted by Gasteiger charge is 2.15. The highest BCUT2D eigenvalue weighted by molar-refractivity contribution is 6.03. The van der Waals surface area contributed by atoms with Gasteiger partial charge in [-0.3, -0.25) is 4.79 Å². The SMILES string of the molecule is CCN(CC)c1cc(C(=O)Nc2cccc(C)c2)nc(-c2ccccc2)n1. The number of aryl methyl sites for hydroxylation is 1. The second kappa shape index (κ2) is 8.45. The van der Waals surface area contributed by atoms with E-state index in [1.165, 1.54) is 0 Å². The minimum atomic E-state index is -0.242. The molecule has 1 aromatic heterocycles. The van der Waals surface area contributed by atoms with Crippen LogP contribution in [0.25, 0.3) is 11.4 Å². The number of hydrogen-bond acceptors (Lipinski definition) is 4. The Labute approximate surface area is 160 Å². The van der Waals surface area contributed by atoms with E-state index in [2.05, 4.69) is 34.0 Å². The van der Waals surface area contributed by atoms with E-state index in [4.69, 9.17) is 0 Å². The summed E-state index contributed by atoms with van der Waals surface area (Å²) in [6.07, 6.45) is 0. The first-order valence-electron chi connectivity index (χ1n) is 9.18. The van der Waals surface area contributed by atoms with Gasteiger partial charge in [0, 0.05) is 30.4 Å². The first kappa shape index (κ1) is 18.6. The minimum absolute atomic E-state index is 0.242. The normalized spacial score (nSPS) is 10.5. The quantitative estimate of drug-likeness (QED) is 0.700. The minimum Gasteiger partial charge on any atom is -0.357 e. The molecule has 0 atom stereocenters. The predicted octanol–water partition coefficient (Wildman–Crippen LogP) is 4.55. The standard InChI is InChI=1S/C22H24N4O/c1-4-26(5-2)20-15-19(22(27)23-18-13-9-10-16(3)14-18)24-21(25-20)17-11-7-6-8-12-17/h6-15H,4-5H2,1-3H3,(H,23,27). The Bertz CT molecular complexity index is 921. The van der Waals surface area contributed by atoms with Crippen LogP contribution in [0.15, 0.2) is 60.7 Å². The van der Waals surface area contributed by atoms with Gasteiger partial charge in [-0.2, -0.15) is 0 Å². The Morgan fingerprint density at radius 2 is 1.70 bits per heavy atom. The second-order valence-electron chi connectivity index (χ2n) is 6.30. The molecule has 0 fully saturated rings. The highest BCUT2D eigenvalue weighted by Crippen LogP contribution is 2.21. The van der Waals surface area contributed by atoms with Crippen LogP contribution in [0.1, 0.15) is 29.9 Å². The van der Waals surface area contributed by atoms with Crippen molar-refractivity contribution in [2.24, 2.45) is 0 Å². The fraction of sp³-hybridized carbons (Fsp3) is 0.227. The molecule has 5 nitrogen and oxygen atoms in total. The largest absolute Gasteiger partial charge is 0.357 e. The van der Waals surface area contributed by atoms with E-state index in [0.29, 0.717) is 11.5 Å². The van der Waals surface area contributed by atoms with Gasteiger partial charge < -0.3 is 10.2 Å². The first-order valence-corrected chi connectivity index (χ1v) is 9.18. The number of aromatic nitrogens is 2. The molecule has 27 heavy (non-hydrogen) atoms. The van der Waals surface area contributed by atoms with E-state index in [1.54, 1.807) is 6.07 Å². The number of anilines is 2. The van der Waals surface area contributed by atoms with Gasteiger partial charge in [0.2, 0.25) is 0 Å². The molecule has 3 aromatic rings. The van der Waals surface area contributed by atoms with Crippen LogP contribution in [0.2, 0.25) is 0 Å². The van der Waals surface area contributed by atoms with E-state index in [0.717, 1.165) is 35.7 Å². The Morgan fingerprint density at radius 1 is 0.963 bits per heavy atom. The topological polar surface area (TPSA) is 58.1 Å². The molecule has 0 aliphatic rings. The van der Waals surface area contributed by atoms with E-state index in [-0.39, 0.29) is 5.91 Å². The molecule has 2 aromatic carbocycles. The summed E-state index contributed by atoms with van der Waals surface area (Å²) >= 11 is 0. The third-order valence-electron chi connectivity index (χ3n) is 4.34. The van der Waals surface area contributed by atoms with Gasteiger partial charge >= 0.3 is 0 Å². The fourth-order valence-corrected chi connectivity index (χ4v) is 2.89. The molecule has 1 N–H and O–H groups in total. The third kappa shape index (κ3) is 4.50. The van der Waals surface area contributed by atoms with E-state index in [1.807, 2.05) is 61.5 Å². The van der Waals surface area contributed by atoms with Gasteiger partial charge in [0.05, 0.1) is 0 Å². The number of nitrogens with one attached hydrogen (secondary N) is 1. The molecule has 0 saturated carbocycles. The van der Waals surface area contributed by atoms with Gasteiger partial charge in [-0.15, -0.1) is 0 Å². The third-order valence-corrected chi connectivity index (χ3v) is 4.34. The molecule has 0 spiro atoms. The van der Waals surface area contributed by atoms with Gasteiger partial charge in [-0.05, 0) is 38.5 Å². The van der Waals surface area contributed by atoms with Crippen LogP contribution in [0.3, 0.4) is 0 Å². The number of amides is 1. The average molecular weight is 360 g/mol. The lowest BCUT2D eigenvalue weighted by atomic mass is 10.2. The van der Waals surface area contributed by atoms with Crippen LogP contribution in [0.4, 0.5) is 11.5 Å². The summed E-state index contributed by atoms with van der Waals surface area (Å²) in [5.74, 6) is 1.06. The lowest BCUT2D eigenvalue weighted by Gasteiger charge is -2.21. The molecule has 138 valence electrons. The molecule has 0 bridgehead atoms. The maximum atomic E-state index is 12.8. The average Bonchev–Trinajstić information content (AvgIpc) is 2.69. The summed E-state index contributed by atoms with van der Waals surface area (Å²) in [5.41, 5.74) is 3.08. The van der Waals surface area contributed by atoms with Crippen molar-refractivity contribution < 1.29 is 4.79 Å². The summed E-state index contributed by atoms with van der Waals surface area (Å²) < 4.78 is 0. The maximum Gasteiger partial charge on any atom is 0.274 e. The molecule has 3 rings (SSSR count). The number of hydrogen-bond donors (Lipinski definition) is 1. The summed E-state index contributed by atoms with van der Waals surface area (Å²) in [6, 6.07) is 19.2. The lowest BCUT2D eigenvalue weighted by molar-refractivity contribution is 0.102. The predicted molar refractivity (Wildman–Crippen MR) is 110 cm³/mol. The van der Waals surface area contributed by atoms with Crippen LogP contribution >= 0.6 is 0 Å². The molecule has 0 aliphatic heterocycles. The fourth-order valence-electron chi connectivity index (χ4n) is 2.89. The zero-order valence-electron chi connectivity index (χ0n) is 15.9. The van der Waals surface area contributed by atoms with Crippen molar-refractivity contribution in [2.45, 2.75) is 20.8 Å². The Kier molecular flexibility index (Phi) is 5.81. The molecule has 1 heterocycles. The molecule has 0 unspecified atom stereocenters. The number of nitrogens with zero attached hydrogens (tertiary/aromatic N) is 3. The van der Waals surface area contributed by atoms with Crippen molar-refractivity contribution in [3.63, 3.8) is 0 Å². The van der Waals surface area contributed by atoms with E-state index < -0.39 is 0 Å². The summed E-state index contributed by atoms with van der Waals surface area (Å²) in [7, 11) is 0. The Hall–Kier alpha value is -3.21. The van der Waals surface area contributed by atoms with Gasteiger partial charge in [0.1, 0.15) is 11.5 Å². The van der Waals surface area contributed by atoms with Crippen LogP contribution in [0.5, 0.6) is 0 Å². The van der Waals surface area contributed by atoms with Crippen molar-refractivity contribution in [3.05, 3.63) is 71.9 Å². The smallest absolute Gasteiger partial charge is 0.274 e. The van der Waals surface area contributed by atoms with Gasteiger partial charge in [0.15, 0.2) is 5.82 Å². The zero-order chi connectivity index (χ0) is 19.2. The van der Waals surface area contributed by atoms with Crippen LogP contribution in [-0.2, 0) is 0 Å². The summed E-state index contributed by atoms with van der Waals surface area (Å²) in [4.78, 5) is 24.2. The molecule has 0 radical (unpaired) electrons. The molecule has 0 saturated heterocycles. The summed E-state index contributed by atoms with van der Waals surface area (Å²) in [5, 5.41) is 2.93. The van der Waals surface area contributed by atoms with Crippen molar-refractivity contribution in [3.8, 4) is 11.4 Å². The van der Waals surface area contributed by atoms with Crippen molar-refractivity contribution in [1.82, 2.24) is 9.97 Å². The molecule has 0 aliphatic carbocycles. The van der Waals surface area contributed by atoms with Crippen molar-refractivity contribution in [2.75, 3.05) is 23.3 Å². The number of benzene rings is 2. The van der Waals surface area contributed by atoms with Crippen LogP contribution in [-0.4, -0.2) is 29.0 Å². The van der Waals surface area contributed by atoms with E-state index >= 15 is 0 Å². The Balaban J connectivity index is 2.00. The Morgan fingerprint density at radius 3 is 2.37 bits per heavy atom. The van der Waals surface area contributed by atoms with Crippen molar-refractivity contribution in [1.29, 1.82) is 0 Å². The summed E-state index contributed by atoms with van der Waals surface area (Å²) in [6.45, 7) is 7.74. The van der Waals surface area contributed by atoms with Gasteiger partial charge in [-0.25, -0.2) is 9.97 Å². The first-order chi connectivity index (χ1) is 13.1. The van der Waals surface area contributed by atoms with Crippen LogP contribution in [0, 0.1) is 6.92 Å². The maximum absolute atomic E-state index is 12.8.